The molecule has 4 nitrogen and oxygen atoms in total. The second-order valence-corrected chi connectivity index (χ2v) is 7.28. The molecule has 5 unspecified atom stereocenters. The van der Waals surface area contributed by atoms with Crippen LogP contribution < -0.4 is 5.32 Å². The van der Waals surface area contributed by atoms with Gasteiger partial charge in [0.05, 0.1) is 18.1 Å². The number of aliphatic hydroxyl groups excluding tert-OH is 1. The van der Waals surface area contributed by atoms with E-state index in [0.717, 1.165) is 32.3 Å². The summed E-state index contributed by atoms with van der Waals surface area (Å²) in [7, 11) is 0. The zero-order valence-electron chi connectivity index (χ0n) is 12.0. The molecule has 3 aliphatic carbocycles. The summed E-state index contributed by atoms with van der Waals surface area (Å²) in [4.78, 5) is 12.5. The van der Waals surface area contributed by atoms with Gasteiger partial charge in [-0.2, -0.15) is 0 Å². The molecule has 1 heterocycles. The first kappa shape index (κ1) is 13.1. The van der Waals surface area contributed by atoms with Gasteiger partial charge in [-0.05, 0) is 38.5 Å². The third-order valence-corrected chi connectivity index (χ3v) is 6.40. The van der Waals surface area contributed by atoms with Gasteiger partial charge >= 0.3 is 0 Å². The standard InChI is InChI=1S/C16H25NO3/c18-12-5-3-4-10(12)15(19)17-13-11-6-9-20-14(11)16(13)7-1-2-8-16/h10-14,18H,1-9H2,(H,17,19). The van der Waals surface area contributed by atoms with Crippen LogP contribution in [0.15, 0.2) is 0 Å². The topological polar surface area (TPSA) is 58.6 Å². The van der Waals surface area contributed by atoms with Crippen LogP contribution in [0.4, 0.5) is 0 Å². The first-order valence-corrected chi connectivity index (χ1v) is 8.32. The SMILES string of the molecule is O=C(NC1C2CCOC2C12CCCC2)C1CCCC1O. The molecule has 0 aromatic carbocycles. The molecule has 1 aliphatic heterocycles. The summed E-state index contributed by atoms with van der Waals surface area (Å²) in [6, 6.07) is 0.304. The fourth-order valence-electron chi connectivity index (χ4n) is 5.41. The molecule has 3 saturated carbocycles. The molecule has 5 atom stereocenters. The van der Waals surface area contributed by atoms with Crippen LogP contribution in [0.5, 0.6) is 0 Å². The predicted molar refractivity (Wildman–Crippen MR) is 74.0 cm³/mol. The van der Waals surface area contributed by atoms with Crippen LogP contribution >= 0.6 is 0 Å². The second-order valence-electron chi connectivity index (χ2n) is 7.28. The lowest BCUT2D eigenvalue weighted by Gasteiger charge is -2.57. The zero-order valence-corrected chi connectivity index (χ0v) is 12.0. The van der Waals surface area contributed by atoms with Crippen molar-refractivity contribution >= 4 is 5.91 Å². The Morgan fingerprint density at radius 1 is 1.15 bits per heavy atom. The number of hydrogen-bond acceptors (Lipinski definition) is 3. The Morgan fingerprint density at radius 2 is 1.95 bits per heavy atom. The molecule has 20 heavy (non-hydrogen) atoms. The van der Waals surface area contributed by atoms with E-state index in [1.54, 1.807) is 0 Å². The van der Waals surface area contributed by atoms with Crippen molar-refractivity contribution in [1.82, 2.24) is 5.32 Å². The molecule has 1 spiro atoms. The van der Waals surface area contributed by atoms with E-state index in [1.165, 1.54) is 25.7 Å². The van der Waals surface area contributed by atoms with Gasteiger partial charge in [-0.3, -0.25) is 4.79 Å². The monoisotopic (exact) mass is 279 g/mol. The molecular formula is C16H25NO3. The summed E-state index contributed by atoms with van der Waals surface area (Å²) in [6.07, 6.45) is 8.60. The van der Waals surface area contributed by atoms with Gasteiger partial charge in [-0.1, -0.05) is 12.8 Å². The molecule has 4 fully saturated rings. The first-order chi connectivity index (χ1) is 9.72. The van der Waals surface area contributed by atoms with Gasteiger partial charge in [-0.15, -0.1) is 0 Å². The quantitative estimate of drug-likeness (QED) is 0.807. The largest absolute Gasteiger partial charge is 0.392 e. The van der Waals surface area contributed by atoms with Crippen molar-refractivity contribution in [2.45, 2.75) is 69.6 Å². The molecule has 112 valence electrons. The van der Waals surface area contributed by atoms with Crippen LogP contribution in [0.2, 0.25) is 0 Å². The molecule has 4 rings (SSSR count). The van der Waals surface area contributed by atoms with Crippen molar-refractivity contribution in [2.75, 3.05) is 6.61 Å². The lowest BCUT2D eigenvalue weighted by molar-refractivity contribution is -0.149. The van der Waals surface area contributed by atoms with Crippen molar-refractivity contribution in [3.63, 3.8) is 0 Å². The molecule has 0 bridgehead atoms. The summed E-state index contributed by atoms with van der Waals surface area (Å²) in [5.74, 6) is 0.446. The molecule has 0 radical (unpaired) electrons. The highest BCUT2D eigenvalue weighted by Gasteiger charge is 2.65. The number of rotatable bonds is 2. The molecule has 1 amide bonds. The average Bonchev–Trinajstić information content (AvgIpc) is 3.15. The highest BCUT2D eigenvalue weighted by molar-refractivity contribution is 5.80. The number of nitrogens with one attached hydrogen (secondary N) is 1. The van der Waals surface area contributed by atoms with Gasteiger partial charge in [0.25, 0.3) is 0 Å². The van der Waals surface area contributed by atoms with Gasteiger partial charge in [-0.25, -0.2) is 0 Å². The van der Waals surface area contributed by atoms with Crippen LogP contribution in [-0.2, 0) is 9.53 Å². The van der Waals surface area contributed by atoms with E-state index in [4.69, 9.17) is 4.74 Å². The van der Waals surface area contributed by atoms with Crippen molar-refractivity contribution < 1.29 is 14.6 Å². The molecule has 2 N–H and O–H groups in total. The number of ether oxygens (including phenoxy) is 1. The Bertz CT molecular complexity index is 405. The van der Waals surface area contributed by atoms with Crippen LogP contribution in [0.1, 0.15) is 51.4 Å². The Morgan fingerprint density at radius 3 is 2.65 bits per heavy atom. The maximum Gasteiger partial charge on any atom is 0.225 e. The Hall–Kier alpha value is -0.610. The van der Waals surface area contributed by atoms with Gasteiger partial charge in [0.2, 0.25) is 5.91 Å². The predicted octanol–water partition coefficient (Wildman–Crippen LogP) is 1.61. The zero-order chi connectivity index (χ0) is 13.7. The number of carbonyl (C=O) groups excluding carboxylic acids is 1. The normalized spacial score (nSPS) is 45.4. The molecule has 0 aromatic heterocycles. The van der Waals surface area contributed by atoms with E-state index >= 15 is 0 Å². The minimum atomic E-state index is -0.426. The summed E-state index contributed by atoms with van der Waals surface area (Å²) in [6.45, 7) is 0.857. The highest BCUT2D eigenvalue weighted by atomic mass is 16.5. The third-order valence-electron chi connectivity index (χ3n) is 6.40. The third kappa shape index (κ3) is 1.70. The van der Waals surface area contributed by atoms with Crippen LogP contribution in [0, 0.1) is 17.3 Å². The Kier molecular flexibility index (Phi) is 3.08. The molecule has 1 saturated heterocycles. The van der Waals surface area contributed by atoms with Gasteiger partial charge in [0.1, 0.15) is 0 Å². The molecule has 4 aliphatic rings. The Labute approximate surface area is 120 Å². The Balaban J connectivity index is 1.48. The van der Waals surface area contributed by atoms with E-state index in [0.29, 0.717) is 18.1 Å². The van der Waals surface area contributed by atoms with Crippen molar-refractivity contribution in [1.29, 1.82) is 0 Å². The smallest absolute Gasteiger partial charge is 0.225 e. The molecule has 4 heteroatoms. The van der Waals surface area contributed by atoms with Crippen molar-refractivity contribution in [3.8, 4) is 0 Å². The fourth-order valence-corrected chi connectivity index (χ4v) is 5.41. The summed E-state index contributed by atoms with van der Waals surface area (Å²) in [5, 5.41) is 13.2. The summed E-state index contributed by atoms with van der Waals surface area (Å²) < 4.78 is 5.95. The number of carbonyl (C=O) groups is 1. The van der Waals surface area contributed by atoms with Crippen molar-refractivity contribution in [3.05, 3.63) is 0 Å². The van der Waals surface area contributed by atoms with E-state index in [-0.39, 0.29) is 17.2 Å². The highest BCUT2D eigenvalue weighted by Crippen LogP contribution is 2.60. The minimum Gasteiger partial charge on any atom is -0.392 e. The molecular weight excluding hydrogens is 254 g/mol. The second kappa shape index (κ2) is 4.70. The lowest BCUT2D eigenvalue weighted by Crippen LogP contribution is -2.68. The maximum atomic E-state index is 12.5. The van der Waals surface area contributed by atoms with Gasteiger partial charge < -0.3 is 15.2 Å². The lowest BCUT2D eigenvalue weighted by atomic mass is 9.54. The fraction of sp³-hybridized carbons (Fsp3) is 0.938. The number of amides is 1. The van der Waals surface area contributed by atoms with E-state index in [1.807, 2.05) is 0 Å². The number of aliphatic hydroxyl groups is 1. The first-order valence-electron chi connectivity index (χ1n) is 8.32. The number of fused-ring (bicyclic) bond motifs is 2. The maximum absolute atomic E-state index is 12.5. The molecule has 0 aromatic rings. The van der Waals surface area contributed by atoms with E-state index in [2.05, 4.69) is 5.32 Å². The van der Waals surface area contributed by atoms with Crippen LogP contribution in [0.25, 0.3) is 0 Å². The van der Waals surface area contributed by atoms with Gasteiger partial charge in [0, 0.05) is 24.0 Å². The summed E-state index contributed by atoms with van der Waals surface area (Å²) in [5.41, 5.74) is 0.223. The van der Waals surface area contributed by atoms with Crippen LogP contribution in [-0.4, -0.2) is 35.9 Å². The number of hydrogen-bond donors (Lipinski definition) is 2. The van der Waals surface area contributed by atoms with Crippen molar-refractivity contribution in [2.24, 2.45) is 17.3 Å². The van der Waals surface area contributed by atoms with E-state index in [9.17, 15) is 9.90 Å². The van der Waals surface area contributed by atoms with Crippen LogP contribution in [0.3, 0.4) is 0 Å². The van der Waals surface area contributed by atoms with E-state index < -0.39 is 6.10 Å². The summed E-state index contributed by atoms with van der Waals surface area (Å²) >= 11 is 0. The average molecular weight is 279 g/mol. The van der Waals surface area contributed by atoms with Gasteiger partial charge in [0.15, 0.2) is 0 Å². The minimum absolute atomic E-state index is 0.0941.